The summed E-state index contributed by atoms with van der Waals surface area (Å²) in [7, 11) is 0. The van der Waals surface area contributed by atoms with Gasteiger partial charge in [0.25, 0.3) is 0 Å². The van der Waals surface area contributed by atoms with Crippen LogP contribution in [0.2, 0.25) is 0 Å². The van der Waals surface area contributed by atoms with Gasteiger partial charge in [0.15, 0.2) is 0 Å². The predicted octanol–water partition coefficient (Wildman–Crippen LogP) is 1.87. The van der Waals surface area contributed by atoms with Crippen LogP contribution in [0.25, 0.3) is 0 Å². The fourth-order valence-corrected chi connectivity index (χ4v) is 3.37. The van der Waals surface area contributed by atoms with Gasteiger partial charge in [-0.2, -0.15) is 0 Å². The molecule has 0 aromatic rings. The first-order valence-corrected chi connectivity index (χ1v) is 17.4. The van der Waals surface area contributed by atoms with Gasteiger partial charge in [0.05, 0.1) is 145 Å². The molecule has 0 radical (unpaired) electrons. The van der Waals surface area contributed by atoms with E-state index in [4.69, 9.17) is 66.3 Å². The lowest BCUT2D eigenvalue weighted by Gasteiger charge is -2.19. The van der Waals surface area contributed by atoms with E-state index in [1.807, 2.05) is 41.5 Å². The van der Waals surface area contributed by atoms with Crippen molar-refractivity contribution in [3.05, 3.63) is 0 Å². The minimum Gasteiger partial charge on any atom is -0.458 e. The van der Waals surface area contributed by atoms with Crippen LogP contribution in [0.5, 0.6) is 0 Å². The van der Waals surface area contributed by atoms with Gasteiger partial charge in [-0.25, -0.2) is 9.59 Å². The highest BCUT2D eigenvalue weighted by Gasteiger charge is 2.16. The Labute approximate surface area is 299 Å². The molecule has 0 unspecified atom stereocenters. The minimum atomic E-state index is -0.516. The Morgan fingerprint density at radius 2 is 0.420 bits per heavy atom. The SMILES string of the molecule is CC(C)(C)OC(=O)COCCOCCOCCOCCOCCOCCOCCOCCOCCOCCOCCOCC(=O)OC(C)(C)C. The first-order chi connectivity index (χ1) is 24.0. The van der Waals surface area contributed by atoms with Gasteiger partial charge in [-0.05, 0) is 41.5 Å². The molecule has 0 aromatic heterocycles. The van der Waals surface area contributed by atoms with Gasteiger partial charge in [-0.15, -0.1) is 0 Å². The second-order valence-corrected chi connectivity index (χ2v) is 12.4. The summed E-state index contributed by atoms with van der Waals surface area (Å²) in [6.45, 7) is 20.5. The van der Waals surface area contributed by atoms with Gasteiger partial charge in [0, 0.05) is 0 Å². The van der Waals surface area contributed by atoms with E-state index < -0.39 is 23.1 Å². The minimum absolute atomic E-state index is 0.0881. The summed E-state index contributed by atoms with van der Waals surface area (Å²) >= 11 is 0. The maximum Gasteiger partial charge on any atom is 0.332 e. The molecule has 0 atom stereocenters. The fraction of sp³-hybridized carbons (Fsp3) is 0.941. The summed E-state index contributed by atoms with van der Waals surface area (Å²) in [6, 6.07) is 0. The number of ether oxygens (including phenoxy) is 14. The van der Waals surface area contributed by atoms with Crippen molar-refractivity contribution >= 4 is 11.9 Å². The molecule has 0 heterocycles. The molecular weight excluding hydrogens is 664 g/mol. The summed E-state index contributed by atoms with van der Waals surface area (Å²) in [6.07, 6.45) is 0. The van der Waals surface area contributed by atoms with E-state index in [2.05, 4.69) is 0 Å². The molecule has 0 rings (SSSR count). The summed E-state index contributed by atoms with van der Waals surface area (Å²) in [5, 5.41) is 0. The average Bonchev–Trinajstić information content (AvgIpc) is 3.03. The van der Waals surface area contributed by atoms with Crippen LogP contribution in [0.1, 0.15) is 41.5 Å². The molecule has 0 bridgehead atoms. The third-order valence-electron chi connectivity index (χ3n) is 5.37. The van der Waals surface area contributed by atoms with Crippen LogP contribution >= 0.6 is 0 Å². The third kappa shape index (κ3) is 42.6. The number of esters is 2. The predicted molar refractivity (Wildman–Crippen MR) is 182 cm³/mol. The highest BCUT2D eigenvalue weighted by molar-refractivity contribution is 5.71. The van der Waals surface area contributed by atoms with Crippen molar-refractivity contribution in [3.8, 4) is 0 Å². The zero-order valence-electron chi connectivity index (χ0n) is 31.5. The van der Waals surface area contributed by atoms with E-state index in [9.17, 15) is 9.59 Å². The lowest BCUT2D eigenvalue weighted by molar-refractivity contribution is -0.161. The zero-order valence-corrected chi connectivity index (χ0v) is 31.5. The number of hydrogen-bond donors (Lipinski definition) is 0. The molecule has 50 heavy (non-hydrogen) atoms. The van der Waals surface area contributed by atoms with Crippen molar-refractivity contribution in [1.82, 2.24) is 0 Å². The molecule has 0 N–H and O–H groups in total. The third-order valence-corrected chi connectivity index (χ3v) is 5.37. The number of rotatable bonds is 37. The van der Waals surface area contributed by atoms with Gasteiger partial charge >= 0.3 is 11.9 Å². The number of hydrogen-bond acceptors (Lipinski definition) is 16. The van der Waals surface area contributed by atoms with E-state index in [-0.39, 0.29) is 13.2 Å². The Morgan fingerprint density at radius 1 is 0.280 bits per heavy atom. The van der Waals surface area contributed by atoms with Crippen LogP contribution in [0.15, 0.2) is 0 Å². The van der Waals surface area contributed by atoms with Crippen LogP contribution in [0.3, 0.4) is 0 Å². The van der Waals surface area contributed by atoms with Crippen molar-refractivity contribution < 1.29 is 75.9 Å². The van der Waals surface area contributed by atoms with Gasteiger partial charge in [-0.1, -0.05) is 0 Å². The van der Waals surface area contributed by atoms with Gasteiger partial charge in [0.1, 0.15) is 24.4 Å². The Hall–Kier alpha value is -1.54. The zero-order chi connectivity index (χ0) is 37.0. The van der Waals surface area contributed by atoms with Crippen molar-refractivity contribution in [2.24, 2.45) is 0 Å². The summed E-state index contributed by atoms with van der Waals surface area (Å²) in [5.74, 6) is -0.782. The number of carbonyl (C=O) groups excluding carboxylic acids is 2. The molecule has 0 aromatic carbocycles. The van der Waals surface area contributed by atoms with E-state index >= 15 is 0 Å². The van der Waals surface area contributed by atoms with Crippen molar-refractivity contribution in [3.63, 3.8) is 0 Å². The molecule has 0 amide bonds. The molecule has 16 heteroatoms. The topological polar surface area (TPSA) is 163 Å². The van der Waals surface area contributed by atoms with Crippen LogP contribution in [-0.2, 0) is 75.9 Å². The second kappa shape index (κ2) is 34.5. The quantitative estimate of drug-likeness (QED) is 0.0672. The van der Waals surface area contributed by atoms with Crippen LogP contribution in [0.4, 0.5) is 0 Å². The van der Waals surface area contributed by atoms with E-state index in [0.717, 1.165) is 0 Å². The lowest BCUT2D eigenvalue weighted by Crippen LogP contribution is -2.27. The van der Waals surface area contributed by atoms with Crippen molar-refractivity contribution in [2.45, 2.75) is 52.7 Å². The summed E-state index contributed by atoms with van der Waals surface area (Å²) in [5.41, 5.74) is -1.03. The van der Waals surface area contributed by atoms with Crippen LogP contribution in [0, 0.1) is 0 Å². The standard InChI is InChI=1S/C34H66O16/c1-33(2,3)49-31(35)29-47-27-25-45-23-21-43-19-17-41-15-13-39-11-9-37-7-8-38-10-12-40-14-16-42-18-20-44-22-24-46-26-28-48-30-32(36)50-34(4,5)6/h7-30H2,1-6H3. The van der Waals surface area contributed by atoms with Gasteiger partial charge in [-0.3, -0.25) is 0 Å². The molecule has 0 saturated heterocycles. The Kier molecular flexibility index (Phi) is 33.5. The van der Waals surface area contributed by atoms with Crippen molar-refractivity contribution in [1.29, 1.82) is 0 Å². The molecule has 0 saturated carbocycles. The number of carbonyl (C=O) groups is 2. The molecule has 298 valence electrons. The first kappa shape index (κ1) is 48.5. The van der Waals surface area contributed by atoms with E-state index in [1.165, 1.54) is 0 Å². The lowest BCUT2D eigenvalue weighted by atomic mass is 10.2. The Bertz CT molecular complexity index is 695. The average molecular weight is 731 g/mol. The molecular formula is C34H66O16. The maximum absolute atomic E-state index is 11.5. The highest BCUT2D eigenvalue weighted by Crippen LogP contribution is 2.07. The normalized spacial score (nSPS) is 12.0. The second-order valence-electron chi connectivity index (χ2n) is 12.4. The monoisotopic (exact) mass is 730 g/mol. The highest BCUT2D eigenvalue weighted by atomic mass is 16.6. The molecule has 16 nitrogen and oxygen atoms in total. The van der Waals surface area contributed by atoms with Crippen molar-refractivity contribution in [2.75, 3.05) is 159 Å². The first-order valence-electron chi connectivity index (χ1n) is 17.4. The van der Waals surface area contributed by atoms with Gasteiger partial charge < -0.3 is 66.3 Å². The Morgan fingerprint density at radius 3 is 0.560 bits per heavy atom. The Balaban J connectivity index is 3.14. The maximum atomic E-state index is 11.5. The fourth-order valence-electron chi connectivity index (χ4n) is 3.37. The largest absolute Gasteiger partial charge is 0.458 e. The summed E-state index contributed by atoms with van der Waals surface area (Å²) in [4.78, 5) is 23.0. The van der Waals surface area contributed by atoms with E-state index in [1.54, 1.807) is 0 Å². The molecule has 0 spiro atoms. The van der Waals surface area contributed by atoms with E-state index in [0.29, 0.717) is 145 Å². The molecule has 0 fully saturated rings. The van der Waals surface area contributed by atoms with Crippen LogP contribution < -0.4 is 0 Å². The van der Waals surface area contributed by atoms with Gasteiger partial charge in [0.2, 0.25) is 0 Å². The molecule has 0 aliphatic rings. The summed E-state index contributed by atoms with van der Waals surface area (Å²) < 4.78 is 75.1. The molecule has 0 aliphatic carbocycles. The smallest absolute Gasteiger partial charge is 0.332 e. The molecule has 0 aliphatic heterocycles. The van der Waals surface area contributed by atoms with Crippen LogP contribution in [-0.4, -0.2) is 182 Å².